The number of aldehydes is 1. The van der Waals surface area contributed by atoms with Gasteiger partial charge in [-0.15, -0.1) is 0 Å². The first kappa shape index (κ1) is 23.6. The van der Waals surface area contributed by atoms with Crippen molar-refractivity contribution < 1.29 is 22.7 Å². The minimum absolute atomic E-state index is 0.220. The highest BCUT2D eigenvalue weighted by molar-refractivity contribution is 5.70. The number of ether oxygens (including phenoxy) is 1. The van der Waals surface area contributed by atoms with E-state index >= 15 is 0 Å². The summed E-state index contributed by atoms with van der Waals surface area (Å²) in [5.74, 6) is 0.606. The minimum atomic E-state index is -4.55. The number of rotatable bonds is 7. The van der Waals surface area contributed by atoms with Crippen LogP contribution in [0.15, 0.2) is 42.7 Å². The predicted molar refractivity (Wildman–Crippen MR) is 121 cm³/mol. The monoisotopic (exact) mass is 471 g/mol. The molecular formula is C24H24F3N5O2. The molecule has 1 aliphatic rings. The second-order valence-corrected chi connectivity index (χ2v) is 7.99. The first-order valence-corrected chi connectivity index (χ1v) is 10.8. The molecule has 1 atom stereocenters. The van der Waals surface area contributed by atoms with Gasteiger partial charge in [0.05, 0.1) is 18.9 Å². The maximum atomic E-state index is 13.1. The standard InChI is InChI=1S/C24H24F3N5O2/c1-15-23(18-5-8-28-21(11-18)24(25,26)27)16(2)32(31-15)20(14-33)13-30-22-4-3-19(12-29-22)17-6-9-34-10-7-17/h3-6,8,11-12,14,20H,7,9-10,13H2,1-2H3,(H,29,30). The van der Waals surface area contributed by atoms with E-state index in [-0.39, 0.29) is 6.54 Å². The third-order valence-corrected chi connectivity index (χ3v) is 5.73. The van der Waals surface area contributed by atoms with E-state index in [0.29, 0.717) is 41.5 Å². The zero-order valence-corrected chi connectivity index (χ0v) is 18.8. The van der Waals surface area contributed by atoms with Crippen molar-refractivity contribution in [3.63, 3.8) is 0 Å². The Balaban J connectivity index is 1.51. The van der Waals surface area contributed by atoms with Crippen molar-refractivity contribution in [2.45, 2.75) is 32.5 Å². The molecule has 34 heavy (non-hydrogen) atoms. The Morgan fingerprint density at radius 1 is 1.21 bits per heavy atom. The van der Waals surface area contributed by atoms with Crippen molar-refractivity contribution in [3.8, 4) is 11.1 Å². The highest BCUT2D eigenvalue weighted by Gasteiger charge is 2.33. The number of alkyl halides is 3. The predicted octanol–water partition coefficient (Wildman–Crippen LogP) is 4.63. The zero-order chi connectivity index (χ0) is 24.3. The van der Waals surface area contributed by atoms with Crippen LogP contribution >= 0.6 is 0 Å². The second-order valence-electron chi connectivity index (χ2n) is 7.99. The summed E-state index contributed by atoms with van der Waals surface area (Å²) in [6.07, 6.45) is 1.98. The van der Waals surface area contributed by atoms with Gasteiger partial charge in [-0.2, -0.15) is 18.3 Å². The Hall–Kier alpha value is -3.53. The fourth-order valence-corrected chi connectivity index (χ4v) is 4.02. The molecule has 10 heteroatoms. The Morgan fingerprint density at radius 2 is 2.03 bits per heavy atom. The average molecular weight is 471 g/mol. The Bertz CT molecular complexity index is 1200. The molecule has 4 rings (SSSR count). The van der Waals surface area contributed by atoms with Gasteiger partial charge in [0.25, 0.3) is 0 Å². The van der Waals surface area contributed by atoms with Crippen molar-refractivity contribution in [3.05, 3.63) is 65.4 Å². The molecule has 0 radical (unpaired) electrons. The fourth-order valence-electron chi connectivity index (χ4n) is 4.02. The molecule has 0 saturated carbocycles. The number of nitrogens with one attached hydrogen (secondary N) is 1. The maximum absolute atomic E-state index is 13.1. The molecule has 3 aromatic rings. The molecule has 1 N–H and O–H groups in total. The number of hydrogen-bond acceptors (Lipinski definition) is 6. The van der Waals surface area contributed by atoms with Gasteiger partial charge in [-0.1, -0.05) is 6.08 Å². The van der Waals surface area contributed by atoms with E-state index in [1.54, 1.807) is 20.0 Å². The van der Waals surface area contributed by atoms with Crippen LogP contribution in [0.1, 0.15) is 35.1 Å². The van der Waals surface area contributed by atoms with Crippen LogP contribution in [0.2, 0.25) is 0 Å². The SMILES string of the molecule is Cc1nn(C(C=O)CNc2ccc(C3=CCOCC3)cn2)c(C)c1-c1ccnc(C(F)(F)F)c1. The van der Waals surface area contributed by atoms with Crippen LogP contribution < -0.4 is 5.32 Å². The molecular weight excluding hydrogens is 447 g/mol. The molecule has 0 spiro atoms. The van der Waals surface area contributed by atoms with E-state index in [0.717, 1.165) is 30.5 Å². The Morgan fingerprint density at radius 3 is 2.68 bits per heavy atom. The van der Waals surface area contributed by atoms with E-state index in [9.17, 15) is 18.0 Å². The summed E-state index contributed by atoms with van der Waals surface area (Å²) in [5, 5.41) is 7.58. The Labute approximate surface area is 194 Å². The van der Waals surface area contributed by atoms with Crippen LogP contribution in [0.25, 0.3) is 16.7 Å². The van der Waals surface area contributed by atoms with Gasteiger partial charge in [-0.3, -0.25) is 9.67 Å². The summed E-state index contributed by atoms with van der Waals surface area (Å²) in [6, 6.07) is 5.64. The zero-order valence-electron chi connectivity index (χ0n) is 18.8. The molecule has 0 aliphatic carbocycles. The van der Waals surface area contributed by atoms with E-state index in [1.165, 1.54) is 16.3 Å². The van der Waals surface area contributed by atoms with Gasteiger partial charge in [0, 0.05) is 30.2 Å². The van der Waals surface area contributed by atoms with Crippen LogP contribution in [-0.2, 0) is 15.7 Å². The summed E-state index contributed by atoms with van der Waals surface area (Å²) in [6.45, 7) is 4.94. The molecule has 0 amide bonds. The lowest BCUT2D eigenvalue weighted by molar-refractivity contribution is -0.141. The normalized spacial score (nSPS) is 15.0. The van der Waals surface area contributed by atoms with E-state index in [2.05, 4.69) is 20.4 Å². The number of anilines is 1. The molecule has 0 saturated heterocycles. The molecule has 0 aromatic carbocycles. The molecule has 3 aromatic heterocycles. The maximum Gasteiger partial charge on any atom is 0.433 e. The molecule has 0 bridgehead atoms. The van der Waals surface area contributed by atoms with Crippen LogP contribution in [0, 0.1) is 13.8 Å². The fraction of sp³-hybridized carbons (Fsp3) is 0.333. The first-order chi connectivity index (χ1) is 16.3. The van der Waals surface area contributed by atoms with E-state index < -0.39 is 17.9 Å². The lowest BCUT2D eigenvalue weighted by Gasteiger charge is -2.16. The third kappa shape index (κ3) is 5.01. The number of carbonyl (C=O) groups is 1. The number of halogens is 3. The van der Waals surface area contributed by atoms with Gasteiger partial charge in [0.1, 0.15) is 23.8 Å². The van der Waals surface area contributed by atoms with Crippen LogP contribution in [0.4, 0.5) is 19.0 Å². The summed E-state index contributed by atoms with van der Waals surface area (Å²) in [7, 11) is 0. The van der Waals surface area contributed by atoms with Gasteiger partial charge in [-0.25, -0.2) is 4.98 Å². The summed E-state index contributed by atoms with van der Waals surface area (Å²) < 4.78 is 46.2. The Kier molecular flexibility index (Phi) is 6.78. The van der Waals surface area contributed by atoms with Crippen molar-refractivity contribution in [1.29, 1.82) is 0 Å². The number of aryl methyl sites for hydroxylation is 1. The third-order valence-electron chi connectivity index (χ3n) is 5.73. The average Bonchev–Trinajstić information content (AvgIpc) is 3.13. The van der Waals surface area contributed by atoms with Gasteiger partial charge < -0.3 is 14.8 Å². The highest BCUT2D eigenvalue weighted by Crippen LogP contribution is 2.33. The first-order valence-electron chi connectivity index (χ1n) is 10.8. The van der Waals surface area contributed by atoms with Crippen molar-refractivity contribution in [2.24, 2.45) is 0 Å². The molecule has 178 valence electrons. The van der Waals surface area contributed by atoms with Crippen molar-refractivity contribution >= 4 is 17.7 Å². The van der Waals surface area contributed by atoms with Crippen molar-refractivity contribution in [1.82, 2.24) is 19.7 Å². The second kappa shape index (κ2) is 9.76. The van der Waals surface area contributed by atoms with E-state index in [4.69, 9.17) is 4.74 Å². The smallest absolute Gasteiger partial charge is 0.377 e. The quantitative estimate of drug-likeness (QED) is 0.506. The van der Waals surface area contributed by atoms with E-state index in [1.807, 2.05) is 18.2 Å². The van der Waals surface area contributed by atoms with Crippen LogP contribution in [-0.4, -0.2) is 45.8 Å². The molecule has 7 nitrogen and oxygen atoms in total. The molecule has 4 heterocycles. The van der Waals surface area contributed by atoms with Gasteiger partial charge in [0.2, 0.25) is 0 Å². The highest BCUT2D eigenvalue weighted by atomic mass is 19.4. The molecule has 1 unspecified atom stereocenters. The molecule has 0 fully saturated rings. The van der Waals surface area contributed by atoms with Gasteiger partial charge in [-0.05, 0) is 61.2 Å². The lowest BCUT2D eigenvalue weighted by atomic mass is 10.0. The summed E-state index contributed by atoms with van der Waals surface area (Å²) in [4.78, 5) is 19.7. The summed E-state index contributed by atoms with van der Waals surface area (Å²) in [5.41, 5.74) is 3.25. The number of pyridine rings is 2. The number of aromatic nitrogens is 4. The van der Waals surface area contributed by atoms with Crippen LogP contribution in [0.5, 0.6) is 0 Å². The number of hydrogen-bond donors (Lipinski definition) is 1. The molecule has 1 aliphatic heterocycles. The van der Waals surface area contributed by atoms with Gasteiger partial charge in [0.15, 0.2) is 0 Å². The number of nitrogens with zero attached hydrogens (tertiary/aromatic N) is 4. The topological polar surface area (TPSA) is 81.9 Å². The number of carbonyl (C=O) groups excluding carboxylic acids is 1. The van der Waals surface area contributed by atoms with Crippen LogP contribution in [0.3, 0.4) is 0 Å². The largest absolute Gasteiger partial charge is 0.433 e. The summed E-state index contributed by atoms with van der Waals surface area (Å²) >= 11 is 0. The minimum Gasteiger partial charge on any atom is -0.377 e. The van der Waals surface area contributed by atoms with Crippen molar-refractivity contribution in [2.75, 3.05) is 25.1 Å². The lowest BCUT2D eigenvalue weighted by Crippen LogP contribution is -2.22. The van der Waals surface area contributed by atoms with Gasteiger partial charge >= 0.3 is 6.18 Å².